The minimum Gasteiger partial charge on any atom is -0.504 e. The van der Waals surface area contributed by atoms with E-state index in [1.807, 2.05) is 60.7 Å². The Morgan fingerprint density at radius 3 is 1.82 bits per heavy atom. The second-order valence-corrected chi connectivity index (χ2v) is 9.03. The fourth-order valence-electron chi connectivity index (χ4n) is 2.93. The lowest BCUT2D eigenvalue weighted by atomic mass is 10.1. The van der Waals surface area contributed by atoms with Gasteiger partial charge in [-0.3, -0.25) is 13.6 Å². The van der Waals surface area contributed by atoms with Crippen molar-refractivity contribution in [3.8, 4) is 11.5 Å². The molecule has 0 aliphatic heterocycles. The molecule has 0 aliphatic carbocycles. The first-order valence-electron chi connectivity index (χ1n) is 10.5. The second-order valence-electron chi connectivity index (χ2n) is 7.36. The summed E-state index contributed by atoms with van der Waals surface area (Å²) in [5, 5.41) is 10.2. The normalized spacial score (nSPS) is 11.2. The van der Waals surface area contributed by atoms with Gasteiger partial charge in [0, 0.05) is 0 Å². The summed E-state index contributed by atoms with van der Waals surface area (Å²) in [6.45, 7) is 1.23. The average molecular weight is 486 g/mol. The van der Waals surface area contributed by atoms with E-state index in [9.17, 15) is 14.5 Å². The third-order valence-electron chi connectivity index (χ3n) is 4.75. The van der Waals surface area contributed by atoms with Crippen molar-refractivity contribution in [2.75, 3.05) is 13.7 Å². The number of ether oxygens (including phenoxy) is 2. The molecule has 0 amide bonds. The molecule has 0 aliphatic rings. The van der Waals surface area contributed by atoms with Gasteiger partial charge < -0.3 is 14.6 Å². The van der Waals surface area contributed by atoms with Gasteiger partial charge in [-0.15, -0.1) is 0 Å². The van der Waals surface area contributed by atoms with E-state index in [2.05, 4.69) is 4.74 Å². The molecule has 0 saturated carbocycles. The van der Waals surface area contributed by atoms with E-state index in [1.54, 1.807) is 13.0 Å². The number of aryl methyl sites for hydroxylation is 1. The first-order chi connectivity index (χ1) is 16.4. The number of rotatable bonds is 12. The van der Waals surface area contributed by atoms with Crippen LogP contribution in [0.4, 0.5) is 0 Å². The van der Waals surface area contributed by atoms with Gasteiger partial charge in [-0.05, 0) is 41.3 Å². The molecule has 8 nitrogen and oxygen atoms in total. The first kappa shape index (κ1) is 25.5. The number of carbonyl (C=O) groups is 1. The lowest BCUT2D eigenvalue weighted by molar-refractivity contribution is -0.142. The number of benzene rings is 3. The monoisotopic (exact) mass is 486 g/mol. The van der Waals surface area contributed by atoms with Crippen LogP contribution in [-0.4, -0.2) is 24.8 Å². The number of phenolic OH excluding ortho intramolecular Hbond substituents is 1. The molecule has 9 heteroatoms. The SMILES string of the molecule is COC(=O)COc1cc(COP(=O)(OCc2ccccc2)OCc2ccccc2)cc(C)c1O. The van der Waals surface area contributed by atoms with E-state index in [0.29, 0.717) is 11.1 Å². The Balaban J connectivity index is 1.72. The maximum Gasteiger partial charge on any atom is 0.475 e. The number of phosphoric acid groups is 1. The summed E-state index contributed by atoms with van der Waals surface area (Å²) < 4.78 is 40.2. The topological polar surface area (TPSA) is 101 Å². The first-order valence-corrected chi connectivity index (χ1v) is 12.0. The molecule has 0 atom stereocenters. The van der Waals surface area contributed by atoms with Gasteiger partial charge in [0.25, 0.3) is 0 Å². The molecule has 1 N–H and O–H groups in total. The summed E-state index contributed by atoms with van der Waals surface area (Å²) in [5.74, 6) is -0.627. The highest BCUT2D eigenvalue weighted by molar-refractivity contribution is 7.48. The van der Waals surface area contributed by atoms with Crippen LogP contribution < -0.4 is 4.74 Å². The Bertz CT molecular complexity index is 1070. The predicted octanol–water partition coefficient (Wildman–Crippen LogP) is 5.31. The van der Waals surface area contributed by atoms with Crippen molar-refractivity contribution in [2.45, 2.75) is 26.7 Å². The number of aromatic hydroxyl groups is 1. The molecule has 3 rings (SSSR count). The van der Waals surface area contributed by atoms with Crippen LogP contribution >= 0.6 is 7.82 Å². The molecule has 0 radical (unpaired) electrons. The van der Waals surface area contributed by atoms with Crippen LogP contribution in [0.15, 0.2) is 72.8 Å². The lowest BCUT2D eigenvalue weighted by Crippen LogP contribution is -2.13. The van der Waals surface area contributed by atoms with Gasteiger partial charge in [0.05, 0.1) is 26.9 Å². The van der Waals surface area contributed by atoms with Crippen molar-refractivity contribution in [3.63, 3.8) is 0 Å². The molecule has 0 fully saturated rings. The van der Waals surface area contributed by atoms with Gasteiger partial charge in [-0.1, -0.05) is 60.7 Å². The van der Waals surface area contributed by atoms with Gasteiger partial charge in [-0.25, -0.2) is 9.36 Å². The quantitative estimate of drug-likeness (QED) is 0.272. The van der Waals surface area contributed by atoms with Gasteiger partial charge >= 0.3 is 13.8 Å². The molecule has 0 saturated heterocycles. The van der Waals surface area contributed by atoms with Crippen LogP contribution in [0, 0.1) is 6.92 Å². The average Bonchev–Trinajstić information content (AvgIpc) is 2.87. The Hall–Kier alpha value is -3.16. The van der Waals surface area contributed by atoms with Crippen LogP contribution in [-0.2, 0) is 47.5 Å². The maximum atomic E-state index is 13.4. The summed E-state index contributed by atoms with van der Waals surface area (Å²) in [5.41, 5.74) is 2.66. The molecule has 3 aromatic carbocycles. The third kappa shape index (κ3) is 7.71. The number of hydrogen-bond acceptors (Lipinski definition) is 8. The molecular weight excluding hydrogens is 459 g/mol. The molecule has 0 aromatic heterocycles. The Labute approximate surface area is 198 Å². The lowest BCUT2D eigenvalue weighted by Gasteiger charge is -2.19. The van der Waals surface area contributed by atoms with Gasteiger partial charge in [-0.2, -0.15) is 0 Å². The minimum atomic E-state index is -3.97. The van der Waals surface area contributed by atoms with Crippen molar-refractivity contribution in [3.05, 3.63) is 95.1 Å². The molecular formula is C25H27O8P. The Morgan fingerprint density at radius 1 is 0.824 bits per heavy atom. The molecule has 0 bridgehead atoms. The van der Waals surface area contributed by atoms with Crippen LogP contribution in [0.1, 0.15) is 22.3 Å². The van der Waals surface area contributed by atoms with Crippen molar-refractivity contribution in [1.82, 2.24) is 0 Å². The summed E-state index contributed by atoms with van der Waals surface area (Å²) >= 11 is 0. The number of carbonyl (C=O) groups excluding carboxylic acids is 1. The largest absolute Gasteiger partial charge is 0.504 e. The van der Waals surface area contributed by atoms with Crippen LogP contribution in [0.3, 0.4) is 0 Å². The second kappa shape index (κ2) is 12.3. The number of phenols is 1. The molecule has 0 unspecified atom stereocenters. The van der Waals surface area contributed by atoms with Crippen molar-refractivity contribution < 1.29 is 37.5 Å². The zero-order valence-electron chi connectivity index (χ0n) is 19.0. The predicted molar refractivity (Wildman–Crippen MR) is 125 cm³/mol. The van der Waals surface area contributed by atoms with Gasteiger partial charge in [0.1, 0.15) is 0 Å². The Kier molecular flexibility index (Phi) is 9.24. The third-order valence-corrected chi connectivity index (χ3v) is 6.09. The highest BCUT2D eigenvalue weighted by Gasteiger charge is 2.27. The fourth-order valence-corrected chi connectivity index (χ4v) is 4.07. The van der Waals surface area contributed by atoms with E-state index in [-0.39, 0.29) is 37.9 Å². The molecule has 3 aromatic rings. The fraction of sp³-hybridized carbons (Fsp3) is 0.240. The van der Waals surface area contributed by atoms with Crippen LogP contribution in [0.2, 0.25) is 0 Å². The van der Waals surface area contributed by atoms with Crippen molar-refractivity contribution >= 4 is 13.8 Å². The van der Waals surface area contributed by atoms with Crippen molar-refractivity contribution in [1.29, 1.82) is 0 Å². The van der Waals surface area contributed by atoms with Gasteiger partial charge in [0.15, 0.2) is 18.1 Å². The van der Waals surface area contributed by atoms with Gasteiger partial charge in [0.2, 0.25) is 0 Å². The molecule has 0 spiro atoms. The standard InChI is InChI=1S/C25H27O8P/c1-19-13-22(14-23(25(19)27)30-18-24(26)29-2)17-33-34(28,31-15-20-9-5-3-6-10-20)32-16-21-11-7-4-8-12-21/h3-14,27H,15-18H2,1-2H3. The Morgan fingerprint density at radius 2 is 1.32 bits per heavy atom. The number of hydrogen-bond donors (Lipinski definition) is 1. The van der Waals surface area contributed by atoms with E-state index in [1.165, 1.54) is 13.2 Å². The van der Waals surface area contributed by atoms with Crippen LogP contribution in [0.25, 0.3) is 0 Å². The molecule has 180 valence electrons. The summed E-state index contributed by atoms with van der Waals surface area (Å²) in [6.07, 6.45) is 0. The minimum absolute atomic E-state index is 0.0367. The number of phosphoric ester groups is 1. The van der Waals surface area contributed by atoms with E-state index < -0.39 is 13.8 Å². The number of esters is 1. The highest BCUT2D eigenvalue weighted by Crippen LogP contribution is 2.52. The van der Waals surface area contributed by atoms with E-state index >= 15 is 0 Å². The maximum absolute atomic E-state index is 13.4. The summed E-state index contributed by atoms with van der Waals surface area (Å²) in [4.78, 5) is 11.4. The molecule has 0 heterocycles. The van der Waals surface area contributed by atoms with Crippen molar-refractivity contribution in [2.24, 2.45) is 0 Å². The highest BCUT2D eigenvalue weighted by atomic mass is 31.2. The number of methoxy groups -OCH3 is 1. The summed E-state index contributed by atoms with van der Waals surface area (Å²) in [7, 11) is -2.73. The summed E-state index contributed by atoms with van der Waals surface area (Å²) in [6, 6.07) is 21.7. The van der Waals surface area contributed by atoms with E-state index in [4.69, 9.17) is 18.3 Å². The van der Waals surface area contributed by atoms with E-state index in [0.717, 1.165) is 11.1 Å². The zero-order chi connectivity index (χ0) is 24.4. The smallest absolute Gasteiger partial charge is 0.475 e. The molecule has 34 heavy (non-hydrogen) atoms. The van der Waals surface area contributed by atoms with Crippen LogP contribution in [0.5, 0.6) is 11.5 Å². The zero-order valence-corrected chi connectivity index (χ0v) is 19.9.